The molecule has 0 aliphatic carbocycles. The Kier molecular flexibility index (Phi) is 4.47. The van der Waals surface area contributed by atoms with Crippen molar-refractivity contribution in [3.8, 4) is 0 Å². The van der Waals surface area contributed by atoms with Crippen molar-refractivity contribution >= 4 is 35.1 Å². The standard InChI is InChI=1S/C21H16N2OSe/c24-21(25-17-9-2-1-3-10-17)18-11-5-4-8-16(18)14-23-15-22-19-12-6-7-13-20(19)23/h1-13,15H,14H2. The van der Waals surface area contributed by atoms with Gasteiger partial charge in [-0.2, -0.15) is 0 Å². The van der Waals surface area contributed by atoms with Gasteiger partial charge in [-0.05, 0) is 0 Å². The molecule has 0 radical (unpaired) electrons. The molecule has 1 aromatic heterocycles. The summed E-state index contributed by atoms with van der Waals surface area (Å²) >= 11 is -0.214. The van der Waals surface area contributed by atoms with Crippen LogP contribution in [0.2, 0.25) is 0 Å². The number of fused-ring (bicyclic) bond motifs is 1. The van der Waals surface area contributed by atoms with Gasteiger partial charge in [0.2, 0.25) is 0 Å². The number of para-hydroxylation sites is 2. The number of imidazole rings is 1. The fourth-order valence-electron chi connectivity index (χ4n) is 2.83. The fraction of sp³-hybridized carbons (Fsp3) is 0.0476. The first-order chi connectivity index (χ1) is 12.3. The summed E-state index contributed by atoms with van der Waals surface area (Å²) in [6.07, 6.45) is 1.84. The Labute approximate surface area is 152 Å². The molecule has 4 heteroatoms. The van der Waals surface area contributed by atoms with Crippen LogP contribution >= 0.6 is 0 Å². The quantitative estimate of drug-likeness (QED) is 0.490. The number of hydrogen-bond acceptors (Lipinski definition) is 2. The third-order valence-electron chi connectivity index (χ3n) is 4.06. The van der Waals surface area contributed by atoms with Gasteiger partial charge in [-0.3, -0.25) is 0 Å². The van der Waals surface area contributed by atoms with E-state index in [-0.39, 0.29) is 19.6 Å². The molecule has 0 spiro atoms. The van der Waals surface area contributed by atoms with E-state index in [9.17, 15) is 4.79 Å². The number of aromatic nitrogens is 2. The van der Waals surface area contributed by atoms with Crippen molar-refractivity contribution in [2.24, 2.45) is 0 Å². The number of hydrogen-bond donors (Lipinski definition) is 0. The molecular weight excluding hydrogens is 375 g/mol. The monoisotopic (exact) mass is 392 g/mol. The summed E-state index contributed by atoms with van der Waals surface area (Å²) in [6, 6.07) is 25.9. The molecule has 0 atom stereocenters. The van der Waals surface area contributed by atoms with Crippen molar-refractivity contribution in [3.05, 3.63) is 96.3 Å². The third-order valence-corrected chi connectivity index (χ3v) is 5.98. The third kappa shape index (κ3) is 3.41. The molecule has 4 aromatic rings. The van der Waals surface area contributed by atoms with Gasteiger partial charge in [-0.15, -0.1) is 0 Å². The minimum absolute atomic E-state index is 0.207. The predicted octanol–water partition coefficient (Wildman–Crippen LogP) is 3.25. The molecule has 3 nitrogen and oxygen atoms in total. The number of carbonyl (C=O) groups is 1. The van der Waals surface area contributed by atoms with E-state index in [1.54, 1.807) is 0 Å². The molecule has 0 unspecified atom stereocenters. The average Bonchev–Trinajstić information content (AvgIpc) is 3.06. The van der Waals surface area contributed by atoms with Crippen molar-refractivity contribution in [2.45, 2.75) is 6.54 Å². The molecule has 3 aromatic carbocycles. The SMILES string of the molecule is O=C([Se]c1ccccc1)c1ccccc1Cn1cnc2ccccc21. The van der Waals surface area contributed by atoms with Gasteiger partial charge in [0.25, 0.3) is 0 Å². The van der Waals surface area contributed by atoms with Crippen molar-refractivity contribution in [3.63, 3.8) is 0 Å². The summed E-state index contributed by atoms with van der Waals surface area (Å²) in [5.74, 6) is 0. The van der Waals surface area contributed by atoms with Gasteiger partial charge in [0.05, 0.1) is 0 Å². The molecule has 0 fully saturated rings. The van der Waals surface area contributed by atoms with E-state index in [0.717, 1.165) is 26.6 Å². The zero-order chi connectivity index (χ0) is 17.1. The van der Waals surface area contributed by atoms with E-state index >= 15 is 0 Å². The van der Waals surface area contributed by atoms with Crippen LogP contribution in [0.4, 0.5) is 0 Å². The minimum atomic E-state index is -0.214. The van der Waals surface area contributed by atoms with E-state index < -0.39 is 0 Å². The summed E-state index contributed by atoms with van der Waals surface area (Å²) in [5.41, 5.74) is 3.90. The Hall–Kier alpha value is -2.68. The van der Waals surface area contributed by atoms with E-state index in [1.807, 2.05) is 79.1 Å². The van der Waals surface area contributed by atoms with Gasteiger partial charge < -0.3 is 0 Å². The Morgan fingerprint density at radius 1 is 0.880 bits per heavy atom. The maximum absolute atomic E-state index is 12.8. The second-order valence-corrected chi connectivity index (χ2v) is 7.92. The number of carbonyl (C=O) groups excluding carboxylic acids is 1. The molecule has 122 valence electrons. The Balaban J connectivity index is 1.64. The van der Waals surface area contributed by atoms with E-state index in [4.69, 9.17) is 0 Å². The molecular formula is C21H16N2OSe. The summed E-state index contributed by atoms with van der Waals surface area (Å²) in [7, 11) is 0. The van der Waals surface area contributed by atoms with Crippen LogP contribution in [0.1, 0.15) is 15.9 Å². The summed E-state index contributed by atoms with van der Waals surface area (Å²) < 4.78 is 3.40. The van der Waals surface area contributed by atoms with Gasteiger partial charge in [0.1, 0.15) is 0 Å². The van der Waals surface area contributed by atoms with Crippen LogP contribution in [0.5, 0.6) is 0 Å². The van der Waals surface area contributed by atoms with Gasteiger partial charge >= 0.3 is 152 Å². The van der Waals surface area contributed by atoms with Crippen molar-refractivity contribution < 1.29 is 4.79 Å². The van der Waals surface area contributed by atoms with Crippen molar-refractivity contribution in [1.82, 2.24) is 9.55 Å². The fourth-order valence-corrected chi connectivity index (χ4v) is 4.54. The van der Waals surface area contributed by atoms with E-state index in [0.29, 0.717) is 6.54 Å². The topological polar surface area (TPSA) is 34.9 Å². The molecule has 0 saturated carbocycles. The molecule has 0 amide bonds. The second kappa shape index (κ2) is 7.06. The Bertz CT molecular complexity index is 1020. The van der Waals surface area contributed by atoms with Crippen LogP contribution < -0.4 is 4.46 Å². The molecule has 0 saturated heterocycles. The van der Waals surface area contributed by atoms with Gasteiger partial charge in [-0.25, -0.2) is 0 Å². The van der Waals surface area contributed by atoms with Crippen LogP contribution in [0.15, 0.2) is 85.2 Å². The molecule has 0 aliphatic heterocycles. The number of nitrogens with zero attached hydrogens (tertiary/aromatic N) is 2. The summed E-state index contributed by atoms with van der Waals surface area (Å²) in [5, 5.41) is 0. The Morgan fingerprint density at radius 2 is 1.60 bits per heavy atom. The molecule has 4 rings (SSSR count). The first-order valence-corrected chi connectivity index (χ1v) is 9.77. The van der Waals surface area contributed by atoms with Gasteiger partial charge in [0, 0.05) is 0 Å². The molecule has 1 heterocycles. The van der Waals surface area contributed by atoms with Crippen molar-refractivity contribution in [1.29, 1.82) is 0 Å². The van der Waals surface area contributed by atoms with Gasteiger partial charge in [-0.1, -0.05) is 0 Å². The van der Waals surface area contributed by atoms with Crippen LogP contribution in [0.3, 0.4) is 0 Å². The zero-order valence-corrected chi connectivity index (χ0v) is 15.2. The van der Waals surface area contributed by atoms with Crippen LogP contribution in [0, 0.1) is 0 Å². The van der Waals surface area contributed by atoms with E-state index in [1.165, 1.54) is 0 Å². The first-order valence-electron chi connectivity index (χ1n) is 8.06. The summed E-state index contributed by atoms with van der Waals surface area (Å²) in [4.78, 5) is 17.3. The predicted molar refractivity (Wildman–Crippen MR) is 101 cm³/mol. The molecule has 0 bridgehead atoms. The normalized spacial score (nSPS) is 10.9. The first kappa shape index (κ1) is 15.8. The number of rotatable bonds is 5. The Morgan fingerprint density at radius 3 is 2.48 bits per heavy atom. The molecule has 0 aliphatic rings. The molecule has 25 heavy (non-hydrogen) atoms. The van der Waals surface area contributed by atoms with Crippen molar-refractivity contribution in [2.75, 3.05) is 0 Å². The van der Waals surface area contributed by atoms with Crippen LogP contribution in [0.25, 0.3) is 11.0 Å². The van der Waals surface area contributed by atoms with E-state index in [2.05, 4.69) is 15.6 Å². The van der Waals surface area contributed by atoms with Crippen LogP contribution in [-0.2, 0) is 6.54 Å². The number of benzene rings is 3. The summed E-state index contributed by atoms with van der Waals surface area (Å²) in [6.45, 7) is 0.646. The second-order valence-electron chi connectivity index (χ2n) is 5.72. The maximum atomic E-state index is 12.8. The van der Waals surface area contributed by atoms with Crippen LogP contribution in [-0.4, -0.2) is 29.2 Å². The molecule has 0 N–H and O–H groups in total. The van der Waals surface area contributed by atoms with Gasteiger partial charge in [0.15, 0.2) is 0 Å². The zero-order valence-electron chi connectivity index (χ0n) is 13.5. The average molecular weight is 391 g/mol.